The highest BCUT2D eigenvalue weighted by molar-refractivity contribution is 5.71. The van der Waals surface area contributed by atoms with E-state index in [1.807, 2.05) is 0 Å². The van der Waals surface area contributed by atoms with Gasteiger partial charge in [0.2, 0.25) is 0 Å². The van der Waals surface area contributed by atoms with Crippen LogP contribution in [0.2, 0.25) is 0 Å². The molecule has 0 saturated carbocycles. The molecule has 0 aromatic heterocycles. The number of hydrogen-bond acceptors (Lipinski definition) is 6. The number of carbonyl (C=O) groups excluding carboxylic acids is 3. The molecule has 0 aliphatic carbocycles. The van der Waals surface area contributed by atoms with E-state index < -0.39 is 6.10 Å². The second kappa shape index (κ2) is 58.7. The van der Waals surface area contributed by atoms with Gasteiger partial charge in [-0.2, -0.15) is 0 Å². The molecule has 0 aliphatic heterocycles. The Morgan fingerprint density at radius 2 is 0.458 bits per heavy atom. The van der Waals surface area contributed by atoms with Gasteiger partial charge in [0.05, 0.1) is 0 Å². The molecular weight excluding hydrogens is 889 g/mol. The van der Waals surface area contributed by atoms with Gasteiger partial charge in [-0.3, -0.25) is 14.4 Å². The molecule has 0 rings (SSSR count). The van der Waals surface area contributed by atoms with Crippen LogP contribution >= 0.6 is 0 Å². The highest BCUT2D eigenvalue weighted by Crippen LogP contribution is 2.19. The molecule has 0 aromatic carbocycles. The number of ether oxygens (including phenoxy) is 3. The number of rotatable bonds is 60. The Labute approximate surface area is 450 Å². The molecule has 0 heterocycles. The molecule has 0 radical (unpaired) electrons. The first-order chi connectivity index (χ1) is 35.2. The molecule has 1 atom stereocenters. The topological polar surface area (TPSA) is 78.9 Å². The second-order valence-electron chi connectivity index (χ2n) is 23.7. The standard InChI is InChI=1S/C66H128O6/c1-6-7-8-9-10-11-12-13-14-20-26-31-36-41-46-51-56-64(67)70-59-63(72-66(69)58-53-48-43-38-33-28-23-22-25-30-35-40-45-50-55-62(4)5)60-71-65(68)57-52-47-42-37-32-27-21-18-16-15-17-19-24-29-34-39-44-49-54-61(2)3/h61-63H,6-60H2,1-5H3/t63-/m0/s1. The van der Waals surface area contributed by atoms with Crippen molar-refractivity contribution in [2.75, 3.05) is 13.2 Å². The summed E-state index contributed by atoms with van der Waals surface area (Å²) in [5.74, 6) is 0.874. The summed E-state index contributed by atoms with van der Waals surface area (Å²) in [5.41, 5.74) is 0. The molecule has 0 bridgehead atoms. The van der Waals surface area contributed by atoms with Gasteiger partial charge in [-0.1, -0.05) is 336 Å². The molecule has 0 amide bonds. The number of carbonyl (C=O) groups is 3. The molecule has 0 unspecified atom stereocenters. The summed E-state index contributed by atoms with van der Waals surface area (Å²) in [5, 5.41) is 0. The van der Waals surface area contributed by atoms with Crippen LogP contribution in [-0.2, 0) is 28.6 Å². The van der Waals surface area contributed by atoms with E-state index in [0.717, 1.165) is 69.6 Å². The minimum atomic E-state index is -0.764. The van der Waals surface area contributed by atoms with E-state index in [4.69, 9.17) is 14.2 Å². The molecule has 0 fully saturated rings. The molecule has 6 heteroatoms. The zero-order valence-corrected chi connectivity index (χ0v) is 49.6. The first kappa shape index (κ1) is 70.4. The molecule has 0 aliphatic rings. The first-order valence-corrected chi connectivity index (χ1v) is 32.7. The Morgan fingerprint density at radius 3 is 0.681 bits per heavy atom. The quantitative estimate of drug-likeness (QED) is 0.0343. The van der Waals surface area contributed by atoms with Crippen LogP contribution in [0, 0.1) is 11.8 Å². The van der Waals surface area contributed by atoms with Crippen molar-refractivity contribution in [3.8, 4) is 0 Å². The van der Waals surface area contributed by atoms with Gasteiger partial charge in [0.15, 0.2) is 6.10 Å². The predicted molar refractivity (Wildman–Crippen MR) is 312 cm³/mol. The Kier molecular flexibility index (Phi) is 57.4. The molecule has 72 heavy (non-hydrogen) atoms. The minimum Gasteiger partial charge on any atom is -0.462 e. The highest BCUT2D eigenvalue weighted by atomic mass is 16.6. The normalized spacial score (nSPS) is 12.0. The third-order valence-corrected chi connectivity index (χ3v) is 15.2. The minimum absolute atomic E-state index is 0.0616. The highest BCUT2D eigenvalue weighted by Gasteiger charge is 2.19. The van der Waals surface area contributed by atoms with Crippen molar-refractivity contribution in [3.05, 3.63) is 0 Å². The van der Waals surface area contributed by atoms with Crippen molar-refractivity contribution in [1.29, 1.82) is 0 Å². The van der Waals surface area contributed by atoms with Gasteiger partial charge in [0.1, 0.15) is 13.2 Å². The zero-order chi connectivity index (χ0) is 52.5. The van der Waals surface area contributed by atoms with E-state index in [1.54, 1.807) is 0 Å². The number of unbranched alkanes of at least 4 members (excludes halogenated alkanes) is 45. The maximum Gasteiger partial charge on any atom is 0.306 e. The van der Waals surface area contributed by atoms with E-state index in [0.29, 0.717) is 19.3 Å². The van der Waals surface area contributed by atoms with Crippen molar-refractivity contribution in [2.45, 2.75) is 381 Å². The molecule has 0 N–H and O–H groups in total. The van der Waals surface area contributed by atoms with Crippen molar-refractivity contribution in [2.24, 2.45) is 11.8 Å². The van der Waals surface area contributed by atoms with Crippen LogP contribution < -0.4 is 0 Å². The van der Waals surface area contributed by atoms with Crippen LogP contribution in [0.4, 0.5) is 0 Å². The van der Waals surface area contributed by atoms with Crippen LogP contribution in [0.5, 0.6) is 0 Å². The summed E-state index contributed by atoms with van der Waals surface area (Å²) in [6, 6.07) is 0. The molecule has 428 valence electrons. The monoisotopic (exact) mass is 1020 g/mol. The summed E-state index contributed by atoms with van der Waals surface area (Å²) in [6.07, 6.45) is 65.3. The average molecular weight is 1020 g/mol. The maximum atomic E-state index is 12.9. The Bertz CT molecular complexity index is 1100. The number of esters is 3. The van der Waals surface area contributed by atoms with Crippen molar-refractivity contribution < 1.29 is 28.6 Å². The molecule has 0 aromatic rings. The van der Waals surface area contributed by atoms with E-state index in [2.05, 4.69) is 34.6 Å². The molecule has 6 nitrogen and oxygen atoms in total. The third-order valence-electron chi connectivity index (χ3n) is 15.2. The first-order valence-electron chi connectivity index (χ1n) is 32.7. The summed E-state index contributed by atoms with van der Waals surface area (Å²) < 4.78 is 17.0. The van der Waals surface area contributed by atoms with Gasteiger partial charge >= 0.3 is 17.9 Å². The van der Waals surface area contributed by atoms with Crippen LogP contribution in [0.1, 0.15) is 375 Å². The Morgan fingerprint density at radius 1 is 0.264 bits per heavy atom. The lowest BCUT2D eigenvalue weighted by Gasteiger charge is -2.18. The fraction of sp³-hybridized carbons (Fsp3) is 0.955. The molecule has 0 spiro atoms. The molecular formula is C66H128O6. The van der Waals surface area contributed by atoms with E-state index in [-0.39, 0.29) is 31.1 Å². The van der Waals surface area contributed by atoms with Gasteiger partial charge in [-0.15, -0.1) is 0 Å². The van der Waals surface area contributed by atoms with E-state index in [9.17, 15) is 14.4 Å². The second-order valence-corrected chi connectivity index (χ2v) is 23.7. The van der Waals surface area contributed by atoms with Gasteiger partial charge in [0.25, 0.3) is 0 Å². The van der Waals surface area contributed by atoms with Gasteiger partial charge < -0.3 is 14.2 Å². The van der Waals surface area contributed by atoms with Crippen LogP contribution in [0.3, 0.4) is 0 Å². The smallest absolute Gasteiger partial charge is 0.306 e. The Hall–Kier alpha value is -1.59. The van der Waals surface area contributed by atoms with Gasteiger partial charge in [0, 0.05) is 19.3 Å². The van der Waals surface area contributed by atoms with Crippen molar-refractivity contribution in [3.63, 3.8) is 0 Å². The third kappa shape index (κ3) is 59.3. The fourth-order valence-electron chi connectivity index (χ4n) is 10.3. The van der Waals surface area contributed by atoms with Crippen molar-refractivity contribution >= 4 is 17.9 Å². The lowest BCUT2D eigenvalue weighted by Crippen LogP contribution is -2.30. The van der Waals surface area contributed by atoms with Gasteiger partial charge in [-0.05, 0) is 31.1 Å². The van der Waals surface area contributed by atoms with Gasteiger partial charge in [-0.25, -0.2) is 0 Å². The Balaban J connectivity index is 4.27. The summed E-state index contributed by atoms with van der Waals surface area (Å²) >= 11 is 0. The largest absolute Gasteiger partial charge is 0.462 e. The van der Waals surface area contributed by atoms with Crippen molar-refractivity contribution in [1.82, 2.24) is 0 Å². The van der Waals surface area contributed by atoms with Crippen LogP contribution in [-0.4, -0.2) is 37.2 Å². The zero-order valence-electron chi connectivity index (χ0n) is 49.6. The predicted octanol–water partition coefficient (Wildman–Crippen LogP) is 22.0. The molecule has 0 saturated heterocycles. The summed E-state index contributed by atoms with van der Waals surface area (Å²) in [7, 11) is 0. The fourth-order valence-corrected chi connectivity index (χ4v) is 10.3. The van der Waals surface area contributed by atoms with E-state index in [1.165, 1.54) is 263 Å². The average Bonchev–Trinajstić information content (AvgIpc) is 3.36. The lowest BCUT2D eigenvalue weighted by atomic mass is 10.0. The summed E-state index contributed by atoms with van der Waals surface area (Å²) in [4.78, 5) is 38.3. The lowest BCUT2D eigenvalue weighted by molar-refractivity contribution is -0.167. The van der Waals surface area contributed by atoms with Crippen LogP contribution in [0.15, 0.2) is 0 Å². The summed E-state index contributed by atoms with van der Waals surface area (Å²) in [6.45, 7) is 11.5. The number of hydrogen-bond donors (Lipinski definition) is 0. The maximum absolute atomic E-state index is 12.9. The van der Waals surface area contributed by atoms with E-state index >= 15 is 0 Å². The SMILES string of the molecule is CCCCCCCCCCCCCCCCCCC(=O)OC[C@@H](COC(=O)CCCCCCCCCCCCCCCCCCCCC(C)C)OC(=O)CCCCCCCCCCCCCCCCC(C)C. The van der Waals surface area contributed by atoms with Crippen LogP contribution in [0.25, 0.3) is 0 Å².